The second-order valence-electron chi connectivity index (χ2n) is 6.18. The topological polar surface area (TPSA) is 58.2 Å². The molecule has 0 bridgehead atoms. The van der Waals surface area contributed by atoms with E-state index < -0.39 is 10.0 Å². The van der Waals surface area contributed by atoms with E-state index >= 15 is 0 Å². The fourth-order valence-electron chi connectivity index (χ4n) is 2.72. The maximum absolute atomic E-state index is 12.4. The van der Waals surface area contributed by atoms with Crippen molar-refractivity contribution >= 4 is 10.0 Å². The predicted molar refractivity (Wildman–Crippen MR) is 81.3 cm³/mol. The Morgan fingerprint density at radius 3 is 2.70 bits per heavy atom. The highest BCUT2D eigenvalue weighted by molar-refractivity contribution is 7.89. The van der Waals surface area contributed by atoms with Crippen LogP contribution in [0.2, 0.25) is 0 Å². The van der Waals surface area contributed by atoms with Gasteiger partial charge in [-0.1, -0.05) is 24.6 Å². The molecule has 1 aliphatic rings. The summed E-state index contributed by atoms with van der Waals surface area (Å²) in [5, 5.41) is 3.34. The first kappa shape index (κ1) is 15.5. The maximum Gasteiger partial charge on any atom is 0.240 e. The van der Waals surface area contributed by atoms with E-state index in [4.69, 9.17) is 0 Å². The van der Waals surface area contributed by atoms with Crippen LogP contribution in [-0.4, -0.2) is 28.1 Å². The fraction of sp³-hybridized carbons (Fsp3) is 0.600. The molecule has 1 heterocycles. The Morgan fingerprint density at radius 2 is 2.10 bits per heavy atom. The largest absolute Gasteiger partial charge is 0.316 e. The van der Waals surface area contributed by atoms with Crippen molar-refractivity contribution in [2.75, 3.05) is 19.6 Å². The highest BCUT2D eigenvalue weighted by Crippen LogP contribution is 2.25. The average molecular weight is 296 g/mol. The van der Waals surface area contributed by atoms with E-state index in [1.807, 2.05) is 26.0 Å². The number of hydrogen-bond donors (Lipinski definition) is 2. The highest BCUT2D eigenvalue weighted by Gasteiger charge is 2.29. The zero-order valence-corrected chi connectivity index (χ0v) is 13.3. The van der Waals surface area contributed by atoms with Gasteiger partial charge < -0.3 is 5.32 Å². The number of rotatable bonds is 4. The standard InChI is InChI=1S/C15H24N2O2S/c1-12-5-6-14(13(2)9-12)20(18,19)17-11-15(3)7-4-8-16-10-15/h5-6,9,16-17H,4,7-8,10-11H2,1-3H3. The molecule has 1 unspecified atom stereocenters. The molecule has 4 nitrogen and oxygen atoms in total. The van der Waals surface area contributed by atoms with Crippen LogP contribution < -0.4 is 10.0 Å². The van der Waals surface area contributed by atoms with Gasteiger partial charge in [0.2, 0.25) is 10.0 Å². The van der Waals surface area contributed by atoms with E-state index in [9.17, 15) is 8.42 Å². The van der Waals surface area contributed by atoms with Crippen LogP contribution in [0.5, 0.6) is 0 Å². The lowest BCUT2D eigenvalue weighted by Gasteiger charge is -2.34. The molecule has 0 aliphatic carbocycles. The predicted octanol–water partition coefficient (Wildman–Crippen LogP) is 1.97. The minimum absolute atomic E-state index is 0.00389. The van der Waals surface area contributed by atoms with Crippen LogP contribution in [0.3, 0.4) is 0 Å². The molecule has 2 N–H and O–H groups in total. The molecule has 1 aromatic rings. The first-order chi connectivity index (χ1) is 9.32. The Hall–Kier alpha value is -0.910. The van der Waals surface area contributed by atoms with Gasteiger partial charge in [-0.25, -0.2) is 13.1 Å². The third-order valence-electron chi connectivity index (χ3n) is 3.99. The molecule has 1 aliphatic heterocycles. The number of hydrogen-bond acceptors (Lipinski definition) is 3. The minimum Gasteiger partial charge on any atom is -0.316 e. The molecule has 0 spiro atoms. The molecule has 1 aromatic carbocycles. The summed E-state index contributed by atoms with van der Waals surface area (Å²) in [5.41, 5.74) is 1.87. The Morgan fingerprint density at radius 1 is 1.35 bits per heavy atom. The van der Waals surface area contributed by atoms with E-state index in [1.165, 1.54) is 0 Å². The fourth-order valence-corrected chi connectivity index (χ4v) is 4.14. The lowest BCUT2D eigenvalue weighted by molar-refractivity contribution is 0.238. The number of aryl methyl sites for hydroxylation is 2. The molecule has 1 atom stereocenters. The van der Waals surface area contributed by atoms with Crippen molar-refractivity contribution in [2.24, 2.45) is 5.41 Å². The summed E-state index contributed by atoms with van der Waals surface area (Å²) < 4.78 is 27.6. The minimum atomic E-state index is -3.42. The Balaban J connectivity index is 2.11. The molecule has 0 amide bonds. The van der Waals surface area contributed by atoms with Gasteiger partial charge >= 0.3 is 0 Å². The second kappa shape index (κ2) is 5.84. The molecule has 1 saturated heterocycles. The molecule has 2 rings (SSSR count). The van der Waals surface area contributed by atoms with Gasteiger partial charge in [0.1, 0.15) is 0 Å². The van der Waals surface area contributed by atoms with E-state index in [-0.39, 0.29) is 5.41 Å². The van der Waals surface area contributed by atoms with Gasteiger partial charge in [-0.05, 0) is 50.3 Å². The van der Waals surface area contributed by atoms with Gasteiger partial charge in [0.05, 0.1) is 4.90 Å². The van der Waals surface area contributed by atoms with Gasteiger partial charge in [-0.15, -0.1) is 0 Å². The van der Waals surface area contributed by atoms with E-state index in [0.717, 1.165) is 37.1 Å². The smallest absolute Gasteiger partial charge is 0.240 e. The molecule has 5 heteroatoms. The summed E-state index contributed by atoms with van der Waals surface area (Å²) >= 11 is 0. The molecule has 112 valence electrons. The van der Waals surface area contributed by atoms with Crippen LogP contribution >= 0.6 is 0 Å². The van der Waals surface area contributed by atoms with Crippen molar-refractivity contribution in [1.29, 1.82) is 0 Å². The summed E-state index contributed by atoms with van der Waals surface area (Å²) in [7, 11) is -3.42. The van der Waals surface area contributed by atoms with Crippen LogP contribution in [0.4, 0.5) is 0 Å². The van der Waals surface area contributed by atoms with Crippen LogP contribution in [0.25, 0.3) is 0 Å². The summed E-state index contributed by atoms with van der Waals surface area (Å²) in [5.74, 6) is 0. The Labute approximate surface area is 122 Å². The molecular weight excluding hydrogens is 272 g/mol. The van der Waals surface area contributed by atoms with E-state index in [2.05, 4.69) is 17.0 Å². The normalized spacial score (nSPS) is 23.8. The van der Waals surface area contributed by atoms with Gasteiger partial charge in [0.15, 0.2) is 0 Å². The van der Waals surface area contributed by atoms with Crippen LogP contribution in [0, 0.1) is 19.3 Å². The van der Waals surface area contributed by atoms with Crippen LogP contribution in [0.15, 0.2) is 23.1 Å². The van der Waals surface area contributed by atoms with Crippen molar-refractivity contribution in [3.63, 3.8) is 0 Å². The first-order valence-electron chi connectivity index (χ1n) is 7.10. The van der Waals surface area contributed by atoms with E-state index in [0.29, 0.717) is 11.4 Å². The van der Waals surface area contributed by atoms with Gasteiger partial charge in [0.25, 0.3) is 0 Å². The third kappa shape index (κ3) is 3.59. The van der Waals surface area contributed by atoms with Gasteiger partial charge in [-0.2, -0.15) is 0 Å². The Kier molecular flexibility index (Phi) is 4.52. The number of sulfonamides is 1. The van der Waals surface area contributed by atoms with Crippen LogP contribution in [0.1, 0.15) is 30.9 Å². The molecule has 0 aromatic heterocycles. The van der Waals surface area contributed by atoms with Crippen molar-refractivity contribution in [3.8, 4) is 0 Å². The van der Waals surface area contributed by atoms with Crippen molar-refractivity contribution in [2.45, 2.75) is 38.5 Å². The van der Waals surface area contributed by atoms with Crippen molar-refractivity contribution in [1.82, 2.24) is 10.0 Å². The number of benzene rings is 1. The summed E-state index contributed by atoms with van der Waals surface area (Å²) in [6, 6.07) is 5.43. The maximum atomic E-state index is 12.4. The van der Waals surface area contributed by atoms with Crippen LogP contribution in [-0.2, 0) is 10.0 Å². The lowest BCUT2D eigenvalue weighted by Crippen LogP contribution is -2.45. The van der Waals surface area contributed by atoms with Gasteiger partial charge in [0, 0.05) is 13.1 Å². The lowest BCUT2D eigenvalue weighted by atomic mass is 9.83. The zero-order chi connectivity index (χ0) is 14.8. The quantitative estimate of drug-likeness (QED) is 0.893. The summed E-state index contributed by atoms with van der Waals surface area (Å²) in [4.78, 5) is 0.385. The number of nitrogens with one attached hydrogen (secondary N) is 2. The molecule has 1 fully saturated rings. The first-order valence-corrected chi connectivity index (χ1v) is 8.58. The SMILES string of the molecule is Cc1ccc(S(=O)(=O)NCC2(C)CCCNC2)c(C)c1. The third-order valence-corrected chi connectivity index (χ3v) is 5.56. The average Bonchev–Trinajstić information content (AvgIpc) is 2.37. The molecule has 20 heavy (non-hydrogen) atoms. The van der Waals surface area contributed by atoms with Crippen molar-refractivity contribution < 1.29 is 8.42 Å². The van der Waals surface area contributed by atoms with E-state index in [1.54, 1.807) is 6.07 Å². The van der Waals surface area contributed by atoms with Crippen molar-refractivity contribution in [3.05, 3.63) is 29.3 Å². The summed E-state index contributed by atoms with van der Waals surface area (Å²) in [6.07, 6.45) is 2.15. The monoisotopic (exact) mass is 296 g/mol. The molecular formula is C15H24N2O2S. The molecule has 0 radical (unpaired) electrons. The number of piperidine rings is 1. The zero-order valence-electron chi connectivity index (χ0n) is 12.5. The summed E-state index contributed by atoms with van der Waals surface area (Å²) in [6.45, 7) is 8.30. The van der Waals surface area contributed by atoms with Gasteiger partial charge in [-0.3, -0.25) is 0 Å². The second-order valence-corrected chi connectivity index (χ2v) is 7.92. The highest BCUT2D eigenvalue weighted by atomic mass is 32.2. The Bertz CT molecular complexity index is 576. The molecule has 0 saturated carbocycles.